The third-order valence-electron chi connectivity index (χ3n) is 7.33. The van der Waals surface area contributed by atoms with Crippen molar-refractivity contribution in [3.8, 4) is 0 Å². The van der Waals surface area contributed by atoms with E-state index >= 15 is 0 Å². The predicted molar refractivity (Wildman–Crippen MR) is 150 cm³/mol. The third kappa shape index (κ3) is 6.37. The van der Waals surface area contributed by atoms with E-state index in [9.17, 15) is 27.6 Å². The van der Waals surface area contributed by atoms with Crippen molar-refractivity contribution < 1.29 is 32.3 Å². The molecule has 2 aromatic rings. The van der Waals surface area contributed by atoms with E-state index in [1.165, 1.54) is 35.5 Å². The molecule has 1 fully saturated rings. The van der Waals surface area contributed by atoms with Crippen molar-refractivity contribution in [1.82, 2.24) is 14.5 Å². The van der Waals surface area contributed by atoms with E-state index in [0.29, 0.717) is 18.5 Å². The maximum absolute atomic E-state index is 13.2. The normalized spacial score (nSPS) is 15.8. The molecule has 11 nitrogen and oxygen atoms in total. The highest BCUT2D eigenvalue weighted by molar-refractivity contribution is 7.89. The summed E-state index contributed by atoms with van der Waals surface area (Å²) in [6.07, 6.45) is 4.26. The van der Waals surface area contributed by atoms with Crippen LogP contribution in [0.1, 0.15) is 77.1 Å². The van der Waals surface area contributed by atoms with Crippen molar-refractivity contribution in [2.45, 2.75) is 69.9 Å². The van der Waals surface area contributed by atoms with E-state index in [2.05, 4.69) is 10.6 Å². The lowest BCUT2D eigenvalue weighted by molar-refractivity contribution is -0.129. The minimum absolute atomic E-state index is 0.0373. The van der Waals surface area contributed by atoms with Gasteiger partial charge in [0, 0.05) is 37.0 Å². The molecule has 2 N–H and O–H groups in total. The summed E-state index contributed by atoms with van der Waals surface area (Å²) in [6.45, 7) is 3.85. The highest BCUT2D eigenvalue weighted by Gasteiger charge is 2.31. The Hall–Kier alpha value is -3.29. The first-order valence-electron chi connectivity index (χ1n) is 13.3. The number of nitrogens with zero attached hydrogens (tertiary/aromatic N) is 2. The Balaban J connectivity index is 1.56. The van der Waals surface area contributed by atoms with Crippen molar-refractivity contribution in [1.29, 1.82) is 0 Å². The third-order valence-corrected chi connectivity index (χ3v) is 10.4. The quantitative estimate of drug-likeness (QED) is 0.500. The molecule has 1 aliphatic carbocycles. The van der Waals surface area contributed by atoms with Crippen LogP contribution in [-0.2, 0) is 32.5 Å². The van der Waals surface area contributed by atoms with Crippen molar-refractivity contribution in [3.05, 3.63) is 45.8 Å². The summed E-state index contributed by atoms with van der Waals surface area (Å²) in [5.41, 5.74) is 1.01. The Morgan fingerprint density at radius 1 is 1.07 bits per heavy atom. The number of anilines is 1. The van der Waals surface area contributed by atoms with Gasteiger partial charge in [0.05, 0.1) is 23.6 Å². The maximum atomic E-state index is 13.2. The molecular formula is C27H34N4O7S2. The van der Waals surface area contributed by atoms with Crippen molar-refractivity contribution in [2.24, 2.45) is 0 Å². The number of sulfonamides is 1. The monoisotopic (exact) mass is 590 g/mol. The zero-order valence-corrected chi connectivity index (χ0v) is 24.5. The standard InChI is InChI=1S/C27H34N4O7S2/c1-4-38-27(35)29-25(34)23-21-14-15-31(17(2)32)16-22(21)39-26(23)28-24(33)18-10-12-20(13-11-18)40(36,37)30(3)19-8-6-5-7-9-19/h10-13,19H,4-9,14-16H2,1-3H3,(H,28,33)(H,29,34,35). The lowest BCUT2D eigenvalue weighted by Gasteiger charge is -2.30. The Morgan fingerprint density at radius 2 is 1.75 bits per heavy atom. The van der Waals surface area contributed by atoms with Gasteiger partial charge in [-0.2, -0.15) is 4.31 Å². The number of benzene rings is 1. The number of alkyl carbamates (subject to hydrolysis) is 1. The van der Waals surface area contributed by atoms with Gasteiger partial charge in [0.25, 0.3) is 11.8 Å². The second-order valence-corrected chi connectivity index (χ2v) is 13.0. The molecule has 4 rings (SSSR count). The van der Waals surface area contributed by atoms with Gasteiger partial charge in [-0.25, -0.2) is 13.2 Å². The Labute approximate surface area is 237 Å². The molecule has 1 saturated carbocycles. The van der Waals surface area contributed by atoms with Crippen LogP contribution in [0.25, 0.3) is 0 Å². The molecule has 4 amide bonds. The first-order chi connectivity index (χ1) is 19.0. The fourth-order valence-corrected chi connectivity index (χ4v) is 7.76. The molecule has 0 radical (unpaired) electrons. The van der Waals surface area contributed by atoms with Gasteiger partial charge >= 0.3 is 6.09 Å². The molecule has 0 saturated heterocycles. The minimum Gasteiger partial charge on any atom is -0.450 e. The summed E-state index contributed by atoms with van der Waals surface area (Å²) in [6, 6.07) is 5.63. The topological polar surface area (TPSA) is 142 Å². The van der Waals surface area contributed by atoms with Crippen LogP contribution in [0.3, 0.4) is 0 Å². The van der Waals surface area contributed by atoms with Crippen LogP contribution in [0, 0.1) is 0 Å². The first-order valence-corrected chi connectivity index (χ1v) is 15.6. The fraction of sp³-hybridized carbons (Fsp3) is 0.481. The van der Waals surface area contributed by atoms with Crippen LogP contribution < -0.4 is 10.6 Å². The van der Waals surface area contributed by atoms with Gasteiger partial charge in [-0.05, 0) is 56.0 Å². The molecule has 0 atom stereocenters. The molecule has 0 spiro atoms. The van der Waals surface area contributed by atoms with Gasteiger partial charge in [-0.1, -0.05) is 19.3 Å². The SMILES string of the molecule is CCOC(=O)NC(=O)c1c(NC(=O)c2ccc(S(=O)(=O)N(C)C3CCCCC3)cc2)sc2c1CCN(C(C)=O)C2. The molecule has 2 aliphatic rings. The largest absolute Gasteiger partial charge is 0.450 e. The van der Waals surface area contributed by atoms with E-state index < -0.39 is 27.9 Å². The summed E-state index contributed by atoms with van der Waals surface area (Å²) >= 11 is 1.16. The molecule has 0 bridgehead atoms. The first kappa shape index (κ1) is 29.7. The molecule has 13 heteroatoms. The number of hydrogen-bond donors (Lipinski definition) is 2. The smallest absolute Gasteiger partial charge is 0.414 e. The van der Waals surface area contributed by atoms with E-state index in [1.54, 1.807) is 18.9 Å². The van der Waals surface area contributed by atoms with Crippen molar-refractivity contribution >= 4 is 50.2 Å². The van der Waals surface area contributed by atoms with Gasteiger partial charge < -0.3 is 15.0 Å². The van der Waals surface area contributed by atoms with E-state index in [0.717, 1.165) is 48.3 Å². The number of rotatable bonds is 7. The van der Waals surface area contributed by atoms with E-state index in [-0.39, 0.29) is 46.1 Å². The number of imide groups is 1. The van der Waals surface area contributed by atoms with Crippen LogP contribution in [0.5, 0.6) is 0 Å². The second kappa shape index (κ2) is 12.5. The van der Waals surface area contributed by atoms with Gasteiger partial charge in [0.1, 0.15) is 5.00 Å². The van der Waals surface area contributed by atoms with Gasteiger partial charge in [0.2, 0.25) is 15.9 Å². The van der Waals surface area contributed by atoms with Gasteiger partial charge in [-0.15, -0.1) is 11.3 Å². The molecule has 1 aromatic carbocycles. The highest BCUT2D eigenvalue weighted by Crippen LogP contribution is 2.37. The van der Waals surface area contributed by atoms with Gasteiger partial charge in [0.15, 0.2) is 0 Å². The minimum atomic E-state index is -3.71. The van der Waals surface area contributed by atoms with Crippen molar-refractivity contribution in [2.75, 3.05) is 25.5 Å². The maximum Gasteiger partial charge on any atom is 0.414 e. The number of fused-ring (bicyclic) bond motifs is 1. The van der Waals surface area contributed by atoms with Crippen LogP contribution >= 0.6 is 11.3 Å². The molecule has 216 valence electrons. The number of hydrogen-bond acceptors (Lipinski definition) is 8. The lowest BCUT2D eigenvalue weighted by Crippen LogP contribution is -2.38. The van der Waals surface area contributed by atoms with E-state index in [1.807, 2.05) is 0 Å². The van der Waals surface area contributed by atoms with Crippen LogP contribution in [0.2, 0.25) is 0 Å². The number of ether oxygens (including phenoxy) is 1. The second-order valence-electron chi connectivity index (χ2n) is 9.86. The Morgan fingerprint density at radius 3 is 2.38 bits per heavy atom. The fourth-order valence-electron chi connectivity index (χ4n) is 5.08. The average molecular weight is 591 g/mol. The highest BCUT2D eigenvalue weighted by atomic mass is 32.2. The van der Waals surface area contributed by atoms with E-state index in [4.69, 9.17) is 4.74 Å². The molecule has 1 aromatic heterocycles. The van der Waals surface area contributed by atoms with Crippen LogP contribution in [0.4, 0.5) is 9.80 Å². The number of carbonyl (C=O) groups excluding carboxylic acids is 4. The van der Waals surface area contributed by atoms with Crippen LogP contribution in [-0.4, -0.2) is 67.7 Å². The summed E-state index contributed by atoms with van der Waals surface area (Å²) in [5.74, 6) is -1.36. The Bertz CT molecular complexity index is 1400. The number of amides is 4. The summed E-state index contributed by atoms with van der Waals surface area (Å²) in [4.78, 5) is 52.6. The summed E-state index contributed by atoms with van der Waals surface area (Å²) in [7, 11) is -2.12. The zero-order valence-electron chi connectivity index (χ0n) is 22.8. The molecule has 2 heterocycles. The average Bonchev–Trinajstić information content (AvgIpc) is 3.30. The summed E-state index contributed by atoms with van der Waals surface area (Å²) < 4.78 is 32.6. The summed E-state index contributed by atoms with van der Waals surface area (Å²) in [5, 5.41) is 5.17. The Kier molecular flexibility index (Phi) is 9.26. The lowest BCUT2D eigenvalue weighted by atomic mass is 9.96. The number of thiophene rings is 1. The zero-order chi connectivity index (χ0) is 29.0. The molecule has 0 unspecified atom stereocenters. The number of nitrogens with one attached hydrogen (secondary N) is 2. The number of carbonyl (C=O) groups is 4. The molecule has 40 heavy (non-hydrogen) atoms. The van der Waals surface area contributed by atoms with Gasteiger partial charge in [-0.3, -0.25) is 19.7 Å². The predicted octanol–water partition coefficient (Wildman–Crippen LogP) is 3.74. The molecule has 1 aliphatic heterocycles. The molecular weight excluding hydrogens is 556 g/mol. The van der Waals surface area contributed by atoms with Crippen molar-refractivity contribution in [3.63, 3.8) is 0 Å². The van der Waals surface area contributed by atoms with Crippen LogP contribution in [0.15, 0.2) is 29.2 Å².